The first-order valence-electron chi connectivity index (χ1n) is 10.8. The molecule has 31 heavy (non-hydrogen) atoms. The molecule has 0 radical (unpaired) electrons. The normalized spacial score (nSPS) is 21.1. The average Bonchev–Trinajstić information content (AvgIpc) is 2.79. The van der Waals surface area contributed by atoms with E-state index in [1.54, 1.807) is 36.4 Å². The second-order valence-corrected chi connectivity index (χ2v) is 9.76. The van der Waals surface area contributed by atoms with Crippen molar-refractivity contribution in [2.45, 2.75) is 50.2 Å². The second-order valence-electron chi connectivity index (χ2n) is 7.81. The molecule has 0 saturated heterocycles. The lowest BCUT2D eigenvalue weighted by Gasteiger charge is -2.32. The lowest BCUT2D eigenvalue weighted by molar-refractivity contribution is 0.00789. The van der Waals surface area contributed by atoms with Crippen LogP contribution in [-0.4, -0.2) is 26.2 Å². The third-order valence-corrected chi connectivity index (χ3v) is 7.41. The highest BCUT2D eigenvalue weighted by molar-refractivity contribution is 7.95. The quantitative estimate of drug-likeness (QED) is 0.477. The van der Waals surface area contributed by atoms with Gasteiger partial charge >= 0.3 is 0 Å². The Bertz CT molecular complexity index is 1020. The number of sulfone groups is 1. The molecule has 4 nitrogen and oxygen atoms in total. The van der Waals surface area contributed by atoms with Crippen LogP contribution < -0.4 is 0 Å². The van der Waals surface area contributed by atoms with Gasteiger partial charge in [0, 0.05) is 12.3 Å². The fraction of sp³-hybridized carbons (Fsp3) is 0.385. The van der Waals surface area contributed by atoms with Gasteiger partial charge in [-0.3, -0.25) is 0 Å². The second kappa shape index (κ2) is 11.3. The topological polar surface area (TPSA) is 63.6 Å². The van der Waals surface area contributed by atoms with E-state index in [4.69, 9.17) is 4.74 Å². The lowest BCUT2D eigenvalue weighted by atomic mass is 9.84. The molecule has 2 aromatic carbocycles. The summed E-state index contributed by atoms with van der Waals surface area (Å²) in [6.07, 6.45) is 3.92. The van der Waals surface area contributed by atoms with Gasteiger partial charge in [0.05, 0.1) is 35.0 Å². The van der Waals surface area contributed by atoms with E-state index < -0.39 is 21.9 Å². The maximum Gasteiger partial charge on any atom is 0.203 e. The SMILES string of the molecule is CCCCC#C[C@@H]1C(S(=O)(=O)c2ccccc2)=CC[C@@H](COCc2ccccc2)[C@@H]1O. The number of rotatable bonds is 8. The van der Waals surface area contributed by atoms with E-state index in [9.17, 15) is 13.5 Å². The van der Waals surface area contributed by atoms with Gasteiger partial charge in [-0.25, -0.2) is 8.42 Å². The third-order valence-electron chi connectivity index (χ3n) is 5.47. The van der Waals surface area contributed by atoms with Crippen LogP contribution in [0.5, 0.6) is 0 Å². The molecule has 3 atom stereocenters. The first-order chi connectivity index (χ1) is 15.0. The summed E-state index contributed by atoms with van der Waals surface area (Å²) in [6, 6.07) is 18.2. The number of hydrogen-bond donors (Lipinski definition) is 1. The first-order valence-corrected chi connectivity index (χ1v) is 12.3. The lowest BCUT2D eigenvalue weighted by Crippen LogP contribution is -2.37. The van der Waals surface area contributed by atoms with Crippen molar-refractivity contribution >= 4 is 9.84 Å². The summed E-state index contributed by atoms with van der Waals surface area (Å²) in [5.74, 6) is 5.20. The van der Waals surface area contributed by atoms with Crippen LogP contribution in [0.1, 0.15) is 38.2 Å². The monoisotopic (exact) mass is 438 g/mol. The molecular weight excluding hydrogens is 408 g/mol. The van der Waals surface area contributed by atoms with Gasteiger partial charge in [0.2, 0.25) is 9.84 Å². The van der Waals surface area contributed by atoms with Gasteiger partial charge in [0.15, 0.2) is 0 Å². The minimum absolute atomic E-state index is 0.203. The summed E-state index contributed by atoms with van der Waals surface area (Å²) < 4.78 is 32.4. The van der Waals surface area contributed by atoms with Gasteiger partial charge in [0.1, 0.15) is 0 Å². The van der Waals surface area contributed by atoms with Crippen molar-refractivity contribution in [2.75, 3.05) is 6.61 Å². The summed E-state index contributed by atoms with van der Waals surface area (Å²) >= 11 is 0. The number of aliphatic hydroxyl groups is 1. The van der Waals surface area contributed by atoms with Gasteiger partial charge in [-0.15, -0.1) is 5.92 Å². The number of benzene rings is 2. The Morgan fingerprint density at radius 2 is 1.74 bits per heavy atom. The van der Waals surface area contributed by atoms with Crippen molar-refractivity contribution in [1.82, 2.24) is 0 Å². The van der Waals surface area contributed by atoms with E-state index in [0.29, 0.717) is 26.1 Å². The minimum Gasteiger partial charge on any atom is -0.391 e. The smallest absolute Gasteiger partial charge is 0.203 e. The van der Waals surface area contributed by atoms with Crippen molar-refractivity contribution in [3.05, 3.63) is 77.2 Å². The Kier molecular flexibility index (Phi) is 8.48. The third kappa shape index (κ3) is 6.07. The molecule has 0 spiro atoms. The Balaban J connectivity index is 1.79. The largest absolute Gasteiger partial charge is 0.391 e. The zero-order valence-electron chi connectivity index (χ0n) is 17.9. The Morgan fingerprint density at radius 1 is 1.06 bits per heavy atom. The molecule has 0 aliphatic heterocycles. The van der Waals surface area contributed by atoms with E-state index in [1.807, 2.05) is 30.3 Å². The molecule has 0 amide bonds. The van der Waals surface area contributed by atoms with Crippen LogP contribution in [0.25, 0.3) is 0 Å². The molecule has 0 unspecified atom stereocenters. The molecule has 0 heterocycles. The van der Waals surface area contributed by atoms with E-state index >= 15 is 0 Å². The molecule has 2 aromatic rings. The number of unbranched alkanes of at least 4 members (excludes halogenated alkanes) is 2. The van der Waals surface area contributed by atoms with Gasteiger partial charge in [0.25, 0.3) is 0 Å². The van der Waals surface area contributed by atoms with E-state index in [-0.39, 0.29) is 15.7 Å². The fourth-order valence-electron chi connectivity index (χ4n) is 3.66. The van der Waals surface area contributed by atoms with Crippen LogP contribution in [0, 0.1) is 23.7 Å². The van der Waals surface area contributed by atoms with Gasteiger partial charge in [-0.2, -0.15) is 0 Å². The summed E-state index contributed by atoms with van der Waals surface area (Å²) in [7, 11) is -3.72. The molecule has 5 heteroatoms. The molecule has 0 fully saturated rings. The summed E-state index contributed by atoms with van der Waals surface area (Å²) in [6.45, 7) is 2.89. The van der Waals surface area contributed by atoms with Gasteiger partial charge < -0.3 is 9.84 Å². The fourth-order valence-corrected chi connectivity index (χ4v) is 5.30. The number of hydrogen-bond acceptors (Lipinski definition) is 4. The summed E-state index contributed by atoms with van der Waals surface area (Å²) in [4.78, 5) is 0.432. The first kappa shape index (κ1) is 23.3. The van der Waals surface area contributed by atoms with Crippen molar-refractivity contribution in [1.29, 1.82) is 0 Å². The maximum atomic E-state index is 13.3. The molecule has 0 bridgehead atoms. The number of aliphatic hydroxyl groups excluding tert-OH is 1. The van der Waals surface area contributed by atoms with Crippen LogP contribution in [0.15, 0.2) is 76.5 Å². The zero-order valence-corrected chi connectivity index (χ0v) is 18.7. The predicted octanol–water partition coefficient (Wildman–Crippen LogP) is 4.75. The summed E-state index contributed by atoms with van der Waals surface area (Å²) in [5.41, 5.74) is 1.06. The molecule has 1 N–H and O–H groups in total. The Labute approximate surface area is 185 Å². The van der Waals surface area contributed by atoms with Crippen molar-refractivity contribution < 1.29 is 18.3 Å². The molecule has 0 aromatic heterocycles. The Morgan fingerprint density at radius 3 is 2.42 bits per heavy atom. The van der Waals surface area contributed by atoms with Gasteiger partial charge in [-0.05, 0) is 30.5 Å². The zero-order chi connectivity index (χ0) is 22.1. The Hall–Kier alpha value is -2.39. The number of ether oxygens (including phenoxy) is 1. The minimum atomic E-state index is -3.72. The highest BCUT2D eigenvalue weighted by atomic mass is 32.2. The van der Waals surface area contributed by atoms with Gasteiger partial charge in [-0.1, -0.05) is 73.9 Å². The van der Waals surface area contributed by atoms with Crippen LogP contribution in [0.3, 0.4) is 0 Å². The van der Waals surface area contributed by atoms with E-state index in [2.05, 4.69) is 18.8 Å². The van der Waals surface area contributed by atoms with Crippen molar-refractivity contribution in [3.63, 3.8) is 0 Å². The van der Waals surface area contributed by atoms with Crippen LogP contribution in [0.4, 0.5) is 0 Å². The van der Waals surface area contributed by atoms with Crippen molar-refractivity contribution in [3.8, 4) is 11.8 Å². The van der Waals surface area contributed by atoms with E-state index in [1.165, 1.54) is 0 Å². The number of allylic oxidation sites excluding steroid dienone is 1. The van der Waals surface area contributed by atoms with Crippen LogP contribution in [-0.2, 0) is 21.2 Å². The molecule has 3 rings (SSSR count). The summed E-state index contributed by atoms with van der Waals surface area (Å²) in [5, 5.41) is 11.1. The highest BCUT2D eigenvalue weighted by Gasteiger charge is 2.38. The molecule has 1 aliphatic carbocycles. The molecule has 164 valence electrons. The van der Waals surface area contributed by atoms with Crippen LogP contribution >= 0.6 is 0 Å². The maximum absolute atomic E-state index is 13.3. The van der Waals surface area contributed by atoms with Crippen molar-refractivity contribution in [2.24, 2.45) is 11.8 Å². The molecular formula is C26H30O4S. The molecule has 1 aliphatic rings. The van der Waals surface area contributed by atoms with E-state index in [0.717, 1.165) is 18.4 Å². The van der Waals surface area contributed by atoms with Crippen LogP contribution in [0.2, 0.25) is 0 Å². The average molecular weight is 439 g/mol. The standard InChI is InChI=1S/C26H30O4S/c1-2-3-4-11-16-24-25(31(28,29)23-14-9-6-10-15-23)18-17-22(26(24)27)20-30-19-21-12-7-5-8-13-21/h5-10,12-15,18,22,24,26-27H,2-4,17,19-20H2,1H3/t22-,24+,26-/m0/s1. The highest BCUT2D eigenvalue weighted by Crippen LogP contribution is 2.36. The predicted molar refractivity (Wildman–Crippen MR) is 123 cm³/mol. The molecule has 0 saturated carbocycles.